The van der Waals surface area contributed by atoms with Gasteiger partial charge < -0.3 is 14.2 Å². The molecule has 0 N–H and O–H groups in total. The average Bonchev–Trinajstić information content (AvgIpc) is 2.46. The van der Waals surface area contributed by atoms with E-state index in [9.17, 15) is 4.39 Å². The highest BCUT2D eigenvalue weighted by Crippen LogP contribution is 2.29. The quantitative estimate of drug-likeness (QED) is 0.832. The number of hydrogen-bond donors (Lipinski definition) is 0. The molecule has 5 heteroatoms. The molecule has 0 amide bonds. The summed E-state index contributed by atoms with van der Waals surface area (Å²) >= 11 is 5.91. The Balaban J connectivity index is 2.17. The molecule has 0 saturated heterocycles. The van der Waals surface area contributed by atoms with E-state index in [0.29, 0.717) is 17.2 Å². The van der Waals surface area contributed by atoms with Crippen molar-refractivity contribution in [1.29, 1.82) is 0 Å². The molecule has 3 nitrogen and oxygen atoms in total. The van der Waals surface area contributed by atoms with Crippen molar-refractivity contribution in [3.05, 3.63) is 52.8 Å². The number of methoxy groups -OCH3 is 2. The van der Waals surface area contributed by atoms with E-state index in [-0.39, 0.29) is 11.6 Å². The smallest absolute Gasteiger partial charge is 0.138 e. The third-order valence-corrected chi connectivity index (χ3v) is 3.06. The summed E-state index contributed by atoms with van der Waals surface area (Å²) in [6, 6.07) is 9.40. The molecule has 0 aliphatic rings. The van der Waals surface area contributed by atoms with E-state index >= 15 is 0 Å². The second kappa shape index (κ2) is 6.48. The predicted octanol–water partition coefficient (Wildman–Crippen LogP) is 4.08. The predicted molar refractivity (Wildman–Crippen MR) is 75.3 cm³/mol. The summed E-state index contributed by atoms with van der Waals surface area (Å²) in [4.78, 5) is 0. The lowest BCUT2D eigenvalue weighted by atomic mass is 10.2. The Kier molecular flexibility index (Phi) is 4.69. The van der Waals surface area contributed by atoms with Gasteiger partial charge >= 0.3 is 0 Å². The topological polar surface area (TPSA) is 27.7 Å². The highest BCUT2D eigenvalue weighted by molar-refractivity contribution is 6.32. The average molecular weight is 297 g/mol. The van der Waals surface area contributed by atoms with Gasteiger partial charge in [-0.25, -0.2) is 4.39 Å². The molecular formula is C15H14ClFO3. The van der Waals surface area contributed by atoms with E-state index in [0.717, 1.165) is 5.56 Å². The van der Waals surface area contributed by atoms with Gasteiger partial charge in [0.1, 0.15) is 29.7 Å². The first-order valence-corrected chi connectivity index (χ1v) is 6.30. The van der Waals surface area contributed by atoms with Crippen LogP contribution in [0.2, 0.25) is 5.02 Å². The van der Waals surface area contributed by atoms with E-state index in [1.54, 1.807) is 26.4 Å². The van der Waals surface area contributed by atoms with E-state index in [1.165, 1.54) is 18.2 Å². The zero-order valence-electron chi connectivity index (χ0n) is 11.2. The normalized spacial score (nSPS) is 10.2. The lowest BCUT2D eigenvalue weighted by Gasteiger charge is -2.12. The number of ether oxygens (including phenoxy) is 3. The maximum absolute atomic E-state index is 13.0. The highest BCUT2D eigenvalue weighted by atomic mass is 35.5. The molecule has 0 heterocycles. The van der Waals surface area contributed by atoms with Crippen LogP contribution in [0.3, 0.4) is 0 Å². The van der Waals surface area contributed by atoms with E-state index < -0.39 is 5.82 Å². The zero-order chi connectivity index (χ0) is 14.5. The van der Waals surface area contributed by atoms with Gasteiger partial charge in [-0.05, 0) is 36.4 Å². The fraction of sp³-hybridized carbons (Fsp3) is 0.200. The largest absolute Gasteiger partial charge is 0.497 e. The van der Waals surface area contributed by atoms with Crippen LogP contribution in [-0.4, -0.2) is 14.2 Å². The molecule has 106 valence electrons. The van der Waals surface area contributed by atoms with E-state index in [2.05, 4.69) is 0 Å². The molecule has 0 unspecified atom stereocenters. The Bertz CT molecular complexity index is 602. The van der Waals surface area contributed by atoms with Gasteiger partial charge in [0, 0.05) is 5.56 Å². The van der Waals surface area contributed by atoms with Crippen LogP contribution in [0.1, 0.15) is 5.56 Å². The first kappa shape index (κ1) is 14.5. The van der Waals surface area contributed by atoms with Crippen molar-refractivity contribution in [1.82, 2.24) is 0 Å². The van der Waals surface area contributed by atoms with Crippen LogP contribution in [0.25, 0.3) is 0 Å². The Hall–Kier alpha value is -1.94. The number of hydrogen-bond acceptors (Lipinski definition) is 3. The van der Waals surface area contributed by atoms with Crippen LogP contribution >= 0.6 is 11.6 Å². The maximum Gasteiger partial charge on any atom is 0.138 e. The molecule has 0 saturated carbocycles. The molecule has 0 aromatic heterocycles. The number of halogens is 2. The van der Waals surface area contributed by atoms with Crippen molar-refractivity contribution in [2.45, 2.75) is 6.61 Å². The van der Waals surface area contributed by atoms with Gasteiger partial charge in [0.15, 0.2) is 0 Å². The SMILES string of the molecule is COc1ccc(OC)c(COc2ccc(F)cc2Cl)c1. The van der Waals surface area contributed by atoms with Gasteiger partial charge in [0.2, 0.25) is 0 Å². The molecule has 2 rings (SSSR count). The van der Waals surface area contributed by atoms with Crippen molar-refractivity contribution >= 4 is 11.6 Å². The van der Waals surface area contributed by atoms with Crippen molar-refractivity contribution in [3.63, 3.8) is 0 Å². The van der Waals surface area contributed by atoms with Gasteiger partial charge in [0.05, 0.1) is 19.2 Å². The molecule has 0 spiro atoms. The van der Waals surface area contributed by atoms with Crippen LogP contribution in [-0.2, 0) is 6.61 Å². The molecule has 2 aromatic carbocycles. The van der Waals surface area contributed by atoms with Gasteiger partial charge in [-0.3, -0.25) is 0 Å². The number of benzene rings is 2. The van der Waals surface area contributed by atoms with Crippen LogP contribution in [0.15, 0.2) is 36.4 Å². The summed E-state index contributed by atoms with van der Waals surface area (Å²) in [5.41, 5.74) is 0.812. The minimum Gasteiger partial charge on any atom is -0.497 e. The van der Waals surface area contributed by atoms with Gasteiger partial charge in [-0.15, -0.1) is 0 Å². The summed E-state index contributed by atoms with van der Waals surface area (Å²) in [5.74, 6) is 1.40. The third kappa shape index (κ3) is 3.33. The van der Waals surface area contributed by atoms with Crippen molar-refractivity contribution < 1.29 is 18.6 Å². The minimum atomic E-state index is -0.402. The first-order valence-electron chi connectivity index (χ1n) is 5.93. The van der Waals surface area contributed by atoms with Crippen LogP contribution in [0.5, 0.6) is 17.2 Å². The summed E-state index contributed by atoms with van der Waals surface area (Å²) in [6.45, 7) is 0.242. The zero-order valence-corrected chi connectivity index (χ0v) is 11.9. The van der Waals surface area contributed by atoms with Gasteiger partial charge in [-0.1, -0.05) is 11.6 Å². The molecule has 2 aromatic rings. The molecule has 20 heavy (non-hydrogen) atoms. The molecule has 0 fully saturated rings. The molecule has 0 atom stereocenters. The van der Waals surface area contributed by atoms with E-state index in [1.807, 2.05) is 6.07 Å². The Labute approximate surface area is 121 Å². The summed E-state index contributed by atoms with van der Waals surface area (Å²) < 4.78 is 29.0. The lowest BCUT2D eigenvalue weighted by molar-refractivity contribution is 0.295. The summed E-state index contributed by atoms with van der Waals surface area (Å²) in [5, 5.41) is 0.229. The van der Waals surface area contributed by atoms with Gasteiger partial charge in [0.25, 0.3) is 0 Å². The fourth-order valence-electron chi connectivity index (χ4n) is 1.74. The maximum atomic E-state index is 13.0. The Morgan fingerprint density at radius 2 is 1.75 bits per heavy atom. The second-order valence-electron chi connectivity index (χ2n) is 4.04. The van der Waals surface area contributed by atoms with Crippen LogP contribution in [0.4, 0.5) is 4.39 Å². The molecule has 0 aliphatic heterocycles. The van der Waals surface area contributed by atoms with Gasteiger partial charge in [-0.2, -0.15) is 0 Å². The Morgan fingerprint density at radius 3 is 2.40 bits per heavy atom. The van der Waals surface area contributed by atoms with Crippen molar-refractivity contribution in [2.24, 2.45) is 0 Å². The molecule has 0 radical (unpaired) electrons. The Morgan fingerprint density at radius 1 is 1.00 bits per heavy atom. The second-order valence-corrected chi connectivity index (χ2v) is 4.45. The van der Waals surface area contributed by atoms with Crippen LogP contribution in [0, 0.1) is 5.82 Å². The molecular weight excluding hydrogens is 283 g/mol. The monoisotopic (exact) mass is 296 g/mol. The molecule has 0 bridgehead atoms. The van der Waals surface area contributed by atoms with Crippen molar-refractivity contribution in [2.75, 3.05) is 14.2 Å². The molecule has 0 aliphatic carbocycles. The third-order valence-electron chi connectivity index (χ3n) is 2.76. The first-order chi connectivity index (χ1) is 9.63. The lowest BCUT2D eigenvalue weighted by Crippen LogP contribution is -2.00. The van der Waals surface area contributed by atoms with Crippen LogP contribution < -0.4 is 14.2 Å². The minimum absolute atomic E-state index is 0.229. The standard InChI is InChI=1S/C15H14ClFO3/c1-18-12-4-6-14(19-2)10(7-12)9-20-15-5-3-11(17)8-13(15)16/h3-8H,9H2,1-2H3. The summed E-state index contributed by atoms with van der Waals surface area (Å²) in [7, 11) is 3.17. The van der Waals surface area contributed by atoms with Crippen molar-refractivity contribution in [3.8, 4) is 17.2 Å². The fourth-order valence-corrected chi connectivity index (χ4v) is 1.96. The number of rotatable bonds is 5. The van der Waals surface area contributed by atoms with E-state index in [4.69, 9.17) is 25.8 Å². The summed E-state index contributed by atoms with van der Waals surface area (Å²) in [6.07, 6.45) is 0. The highest BCUT2D eigenvalue weighted by Gasteiger charge is 2.08.